The van der Waals surface area contributed by atoms with Crippen molar-refractivity contribution in [2.75, 3.05) is 43.9 Å². The van der Waals surface area contributed by atoms with Gasteiger partial charge in [0, 0.05) is 29.4 Å². The van der Waals surface area contributed by atoms with Gasteiger partial charge in [0.15, 0.2) is 5.54 Å². The Kier molecular flexibility index (Phi) is 9.24. The normalized spacial score (nSPS) is 20.8. The molecule has 6 N–H and O–H groups in total. The lowest BCUT2D eigenvalue weighted by molar-refractivity contribution is -0.123. The number of carbonyl (C=O) groups excluding carboxylic acids is 3. The molecule has 1 saturated heterocycles. The van der Waals surface area contributed by atoms with Gasteiger partial charge in [0.1, 0.15) is 5.71 Å². The van der Waals surface area contributed by atoms with Crippen LogP contribution in [-0.4, -0.2) is 71.1 Å². The molecule has 2 atom stereocenters. The van der Waals surface area contributed by atoms with E-state index in [4.69, 9.17) is 22.1 Å². The van der Waals surface area contributed by atoms with Gasteiger partial charge < -0.3 is 21.3 Å². The van der Waals surface area contributed by atoms with Crippen molar-refractivity contribution in [3.05, 3.63) is 58.6 Å². The van der Waals surface area contributed by atoms with Crippen LogP contribution in [0.25, 0.3) is 0 Å². The van der Waals surface area contributed by atoms with Crippen molar-refractivity contribution < 1.29 is 18.6 Å². The molecule has 4 rings (SSSR count). The molecular formula is C27H34ClN7O4S. The molecule has 0 bridgehead atoms. The number of nitrogens with two attached hydrogens (primary N) is 1. The molecule has 1 fully saturated rings. The summed E-state index contributed by atoms with van der Waals surface area (Å²) in [6.07, 6.45) is 3.53. The smallest absolute Gasteiger partial charge is 0.268 e. The fraction of sp³-hybridized carbons (Fsp3) is 0.407. The Balaban J connectivity index is 1.46. The first kappa shape index (κ1) is 29.7. The first-order valence-electron chi connectivity index (χ1n) is 13.2. The lowest BCUT2D eigenvalue weighted by Crippen LogP contribution is -2.58. The van der Waals surface area contributed by atoms with Gasteiger partial charge in [-0.3, -0.25) is 24.7 Å². The summed E-state index contributed by atoms with van der Waals surface area (Å²) in [5.74, 6) is -1.60. The minimum absolute atomic E-state index is 0.000327. The highest BCUT2D eigenvalue weighted by atomic mass is 35.5. The number of nitrogens with zero attached hydrogens (tertiary/aromatic N) is 2. The Bertz CT molecular complexity index is 1420. The Labute approximate surface area is 238 Å². The van der Waals surface area contributed by atoms with Crippen LogP contribution in [0.4, 0.5) is 5.69 Å². The average Bonchev–Trinajstić information content (AvgIpc) is 3.40. The number of benzene rings is 2. The van der Waals surface area contributed by atoms with Crippen molar-refractivity contribution in [1.29, 1.82) is 4.78 Å². The van der Waals surface area contributed by atoms with Gasteiger partial charge in [0.05, 0.1) is 27.0 Å². The maximum Gasteiger partial charge on any atom is 0.268 e. The summed E-state index contributed by atoms with van der Waals surface area (Å²) in [6, 6.07) is 10.6. The fourth-order valence-electron chi connectivity index (χ4n) is 4.91. The number of hydrogen-bond donors (Lipinski definition) is 5. The number of likely N-dealkylation sites (tertiary alicyclic amines) is 1. The van der Waals surface area contributed by atoms with Crippen molar-refractivity contribution >= 4 is 50.5 Å². The van der Waals surface area contributed by atoms with Crippen LogP contribution in [0.15, 0.2) is 52.4 Å². The van der Waals surface area contributed by atoms with E-state index in [0.29, 0.717) is 17.8 Å². The lowest BCUT2D eigenvalue weighted by Gasteiger charge is -2.29. The van der Waals surface area contributed by atoms with E-state index in [0.717, 1.165) is 32.5 Å². The summed E-state index contributed by atoms with van der Waals surface area (Å²) < 4.78 is 20.2. The molecule has 11 nitrogen and oxygen atoms in total. The number of rotatable bonds is 10. The van der Waals surface area contributed by atoms with Gasteiger partial charge in [-0.1, -0.05) is 37.1 Å². The summed E-state index contributed by atoms with van der Waals surface area (Å²) in [4.78, 5) is 45.5. The molecule has 0 radical (unpaired) electrons. The number of primary amides is 1. The van der Waals surface area contributed by atoms with Crippen LogP contribution in [0.1, 0.15) is 42.1 Å². The predicted molar refractivity (Wildman–Crippen MR) is 155 cm³/mol. The molecule has 214 valence electrons. The standard InChI is InChI=1S/C27H34ClN7O4S/c1-2-40(30,39)20-10-11-21(22(28)16-20)24(36)34-19-8-6-18(7-9-19)27(26(29)38)23(32-17-33-27)25(37)31-12-15-35-13-4-3-5-14-35/h6-11,16,30,33H,2-5,12-15,17H2,1H3,(H2,29,38)(H,31,37)(H,34,36). The maximum absolute atomic E-state index is 13.1. The first-order valence-corrected chi connectivity index (χ1v) is 15.3. The molecule has 0 aromatic heterocycles. The van der Waals surface area contributed by atoms with Crippen LogP contribution in [0.3, 0.4) is 0 Å². The fourth-order valence-corrected chi connectivity index (χ4v) is 6.17. The van der Waals surface area contributed by atoms with Gasteiger partial charge in [-0.05, 0) is 61.8 Å². The molecule has 13 heteroatoms. The molecule has 2 aromatic carbocycles. The summed E-state index contributed by atoms with van der Waals surface area (Å²) in [5, 5.41) is 8.66. The summed E-state index contributed by atoms with van der Waals surface area (Å²) in [5.41, 5.74) is 5.18. The number of carbonyl (C=O) groups is 3. The van der Waals surface area contributed by atoms with Crippen LogP contribution < -0.4 is 21.7 Å². The summed E-state index contributed by atoms with van der Waals surface area (Å²) >= 11 is 6.26. The summed E-state index contributed by atoms with van der Waals surface area (Å²) in [6.45, 7) is 4.87. The number of amides is 3. The van der Waals surface area contributed by atoms with E-state index in [-0.39, 0.29) is 33.6 Å². The van der Waals surface area contributed by atoms with Crippen molar-refractivity contribution in [3.8, 4) is 0 Å². The van der Waals surface area contributed by atoms with E-state index in [2.05, 4.69) is 25.8 Å². The number of aliphatic imine (C=N–C) groups is 1. The monoisotopic (exact) mass is 587 g/mol. The van der Waals surface area contributed by atoms with E-state index in [9.17, 15) is 18.6 Å². The second-order valence-corrected chi connectivity index (χ2v) is 12.6. The number of halogens is 1. The molecule has 2 unspecified atom stereocenters. The molecule has 0 spiro atoms. The molecule has 0 aliphatic carbocycles. The van der Waals surface area contributed by atoms with Crippen LogP contribution in [-0.2, 0) is 24.9 Å². The largest absolute Gasteiger partial charge is 0.367 e. The Morgan fingerprint density at radius 2 is 1.82 bits per heavy atom. The van der Waals surface area contributed by atoms with E-state index in [1.54, 1.807) is 31.2 Å². The third kappa shape index (κ3) is 6.20. The minimum atomic E-state index is -2.97. The van der Waals surface area contributed by atoms with E-state index < -0.39 is 33.0 Å². The van der Waals surface area contributed by atoms with E-state index >= 15 is 0 Å². The van der Waals surface area contributed by atoms with Gasteiger partial charge in [0.2, 0.25) is 5.91 Å². The second-order valence-electron chi connectivity index (χ2n) is 9.75. The highest BCUT2D eigenvalue weighted by Gasteiger charge is 2.49. The SMILES string of the molecule is CCS(=N)(=O)c1ccc(C(=O)Nc2ccc(C3(C(N)=O)NCN=C3C(=O)NCCN3CCCCC3)cc2)c(Cl)c1. The molecule has 2 aromatic rings. The van der Waals surface area contributed by atoms with Crippen molar-refractivity contribution in [3.63, 3.8) is 0 Å². The minimum Gasteiger partial charge on any atom is -0.367 e. The zero-order valence-electron chi connectivity index (χ0n) is 22.3. The second kappa shape index (κ2) is 12.5. The average molecular weight is 588 g/mol. The number of anilines is 1. The predicted octanol–water partition coefficient (Wildman–Crippen LogP) is 2.30. The van der Waals surface area contributed by atoms with Gasteiger partial charge in [-0.25, -0.2) is 8.99 Å². The number of piperidine rings is 1. The summed E-state index contributed by atoms with van der Waals surface area (Å²) in [7, 11) is -2.97. The topological polar surface area (TPSA) is 170 Å². The van der Waals surface area contributed by atoms with Crippen molar-refractivity contribution in [2.24, 2.45) is 10.7 Å². The quantitative estimate of drug-likeness (QED) is 0.285. The molecule has 2 heterocycles. The highest BCUT2D eigenvalue weighted by molar-refractivity contribution is 7.92. The highest BCUT2D eigenvalue weighted by Crippen LogP contribution is 2.29. The first-order chi connectivity index (χ1) is 19.1. The molecule has 2 aliphatic heterocycles. The van der Waals surface area contributed by atoms with Crippen LogP contribution >= 0.6 is 11.6 Å². The van der Waals surface area contributed by atoms with Gasteiger partial charge in [0.25, 0.3) is 11.8 Å². The number of hydrogen-bond acceptors (Lipinski definition) is 8. The molecule has 3 amide bonds. The maximum atomic E-state index is 13.1. The zero-order chi connectivity index (χ0) is 28.9. The zero-order valence-corrected chi connectivity index (χ0v) is 23.9. The molecule has 2 aliphatic rings. The molecular weight excluding hydrogens is 554 g/mol. The number of nitrogens with one attached hydrogen (secondary N) is 4. The van der Waals surface area contributed by atoms with Gasteiger partial charge in [-0.2, -0.15) is 0 Å². The Morgan fingerprint density at radius 1 is 1.12 bits per heavy atom. The van der Waals surface area contributed by atoms with E-state index in [1.807, 2.05) is 0 Å². The van der Waals surface area contributed by atoms with Crippen LogP contribution in [0, 0.1) is 4.78 Å². The Hall–Kier alpha value is -3.32. The Morgan fingerprint density at radius 3 is 2.45 bits per heavy atom. The van der Waals surface area contributed by atoms with Crippen LogP contribution in [0.5, 0.6) is 0 Å². The van der Waals surface area contributed by atoms with Gasteiger partial charge >= 0.3 is 0 Å². The third-order valence-corrected chi connectivity index (χ3v) is 9.37. The molecule has 0 saturated carbocycles. The van der Waals surface area contributed by atoms with Crippen LogP contribution in [0.2, 0.25) is 5.02 Å². The third-order valence-electron chi connectivity index (χ3n) is 7.23. The van der Waals surface area contributed by atoms with Crippen molar-refractivity contribution in [1.82, 2.24) is 15.5 Å². The van der Waals surface area contributed by atoms with E-state index in [1.165, 1.54) is 24.6 Å². The molecule has 40 heavy (non-hydrogen) atoms. The lowest BCUT2D eigenvalue weighted by atomic mass is 9.84. The van der Waals surface area contributed by atoms with Crippen molar-refractivity contribution in [2.45, 2.75) is 36.6 Å². The van der Waals surface area contributed by atoms with Gasteiger partial charge in [-0.15, -0.1) is 0 Å².